The maximum Gasteiger partial charge on any atom is 0.266 e. The number of carbonyl (C=O) groups is 1. The molecule has 2 atom stereocenters. The summed E-state index contributed by atoms with van der Waals surface area (Å²) >= 11 is 0. The Morgan fingerprint density at radius 3 is 2.50 bits per heavy atom. The topological polar surface area (TPSA) is 92.6 Å². The summed E-state index contributed by atoms with van der Waals surface area (Å²) in [5.74, 6) is -0.0735. The van der Waals surface area contributed by atoms with Gasteiger partial charge < -0.3 is 4.90 Å². The first-order valence-electron chi connectivity index (χ1n) is 9.24. The number of carbonyl (C=O) groups excluding carboxylic acids is 1. The Bertz CT molecular complexity index is 1050. The molecule has 1 aromatic heterocycles. The maximum atomic E-state index is 12.5. The van der Waals surface area contributed by atoms with Crippen LogP contribution in [0.15, 0.2) is 47.3 Å². The number of hydrogen-bond donors (Lipinski definition) is 0. The van der Waals surface area contributed by atoms with Crippen LogP contribution in [0.1, 0.15) is 12.8 Å². The molecule has 0 saturated carbocycles. The van der Waals surface area contributed by atoms with E-state index >= 15 is 0 Å². The molecule has 0 spiro atoms. The molecule has 2 fully saturated rings. The Morgan fingerprint density at radius 2 is 1.79 bits per heavy atom. The van der Waals surface area contributed by atoms with Crippen molar-refractivity contribution < 1.29 is 13.2 Å². The van der Waals surface area contributed by atoms with E-state index in [0.717, 1.165) is 5.56 Å². The molecule has 2 aromatic rings. The number of hydrogen-bond acceptors (Lipinski definition) is 5. The van der Waals surface area contributed by atoms with Gasteiger partial charge in [0.05, 0.1) is 30.6 Å². The summed E-state index contributed by atoms with van der Waals surface area (Å²) in [6.07, 6.45) is 2.00. The smallest absolute Gasteiger partial charge is 0.266 e. The Kier molecular flexibility index (Phi) is 4.80. The number of aromatic nitrogens is 2. The van der Waals surface area contributed by atoms with E-state index in [1.165, 1.54) is 21.3 Å². The van der Waals surface area contributed by atoms with Crippen LogP contribution in [0.4, 0.5) is 0 Å². The summed E-state index contributed by atoms with van der Waals surface area (Å²) in [5, 5.41) is 4.43. The fraction of sp³-hybridized carbons (Fsp3) is 0.421. The van der Waals surface area contributed by atoms with Gasteiger partial charge in [-0.3, -0.25) is 9.59 Å². The molecule has 0 unspecified atom stereocenters. The molecule has 8 nitrogen and oxygen atoms in total. The fourth-order valence-corrected chi connectivity index (χ4v) is 5.31. The predicted molar refractivity (Wildman–Crippen MR) is 104 cm³/mol. The van der Waals surface area contributed by atoms with Gasteiger partial charge in [-0.1, -0.05) is 30.3 Å². The highest BCUT2D eigenvalue weighted by atomic mass is 32.2. The average Bonchev–Trinajstić information content (AvgIpc) is 3.20. The van der Waals surface area contributed by atoms with Crippen molar-refractivity contribution in [2.24, 2.45) is 0 Å². The number of likely N-dealkylation sites (tertiary alicyclic amines) is 1. The first kappa shape index (κ1) is 18.8. The monoisotopic (exact) mass is 402 g/mol. The molecule has 0 bridgehead atoms. The van der Waals surface area contributed by atoms with E-state index in [4.69, 9.17) is 0 Å². The highest BCUT2D eigenvalue weighted by molar-refractivity contribution is 7.88. The molecule has 4 rings (SSSR count). The lowest BCUT2D eigenvalue weighted by molar-refractivity contribution is -0.129. The molecule has 9 heteroatoms. The Hall–Kier alpha value is -2.52. The molecule has 28 heavy (non-hydrogen) atoms. The SMILES string of the molecule is CS(=O)(=O)N1CC[C@H]2[C@@H]1CC(=O)N2CCn1nc(-c2ccccc2)ccc1=O. The Morgan fingerprint density at radius 1 is 1.04 bits per heavy atom. The number of benzene rings is 1. The van der Waals surface area contributed by atoms with Gasteiger partial charge >= 0.3 is 0 Å². The van der Waals surface area contributed by atoms with Crippen molar-refractivity contribution in [2.75, 3.05) is 19.3 Å². The van der Waals surface area contributed by atoms with Gasteiger partial charge in [-0.2, -0.15) is 9.40 Å². The summed E-state index contributed by atoms with van der Waals surface area (Å²) in [6.45, 7) is 1.04. The van der Waals surface area contributed by atoms with Crippen LogP contribution in [-0.4, -0.2) is 64.7 Å². The normalized spacial score (nSPS) is 22.6. The van der Waals surface area contributed by atoms with E-state index in [-0.39, 0.29) is 36.5 Å². The van der Waals surface area contributed by atoms with Crippen molar-refractivity contribution in [1.29, 1.82) is 0 Å². The lowest BCUT2D eigenvalue weighted by Crippen LogP contribution is -2.41. The first-order valence-corrected chi connectivity index (χ1v) is 11.1. The third-order valence-corrected chi connectivity index (χ3v) is 6.78. The molecule has 0 radical (unpaired) electrons. The molecule has 2 aliphatic heterocycles. The van der Waals surface area contributed by atoms with Gasteiger partial charge in [0.15, 0.2) is 0 Å². The van der Waals surface area contributed by atoms with Gasteiger partial charge in [0.1, 0.15) is 0 Å². The second kappa shape index (κ2) is 7.14. The van der Waals surface area contributed by atoms with Crippen molar-refractivity contribution in [2.45, 2.75) is 31.5 Å². The van der Waals surface area contributed by atoms with Crippen LogP contribution in [0.5, 0.6) is 0 Å². The largest absolute Gasteiger partial charge is 0.336 e. The quantitative estimate of drug-likeness (QED) is 0.728. The van der Waals surface area contributed by atoms with Crippen LogP contribution >= 0.6 is 0 Å². The van der Waals surface area contributed by atoms with E-state index < -0.39 is 10.0 Å². The van der Waals surface area contributed by atoms with Crippen molar-refractivity contribution in [1.82, 2.24) is 19.0 Å². The minimum Gasteiger partial charge on any atom is -0.336 e. The summed E-state index contributed by atoms with van der Waals surface area (Å²) in [7, 11) is -3.33. The van der Waals surface area contributed by atoms with Crippen molar-refractivity contribution >= 4 is 15.9 Å². The maximum absolute atomic E-state index is 12.5. The molecule has 3 heterocycles. The molecule has 0 aliphatic carbocycles. The standard InChI is InChI=1S/C19H22N4O4S/c1-28(26,27)23-10-9-16-17(23)13-19(25)21(16)11-12-22-18(24)8-7-15(20-22)14-5-3-2-4-6-14/h2-8,16-17H,9-13H2,1H3/t16-,17-/m0/s1. The van der Waals surface area contributed by atoms with Gasteiger partial charge in [-0.25, -0.2) is 13.1 Å². The molecular weight excluding hydrogens is 380 g/mol. The molecular formula is C19H22N4O4S. The minimum atomic E-state index is -3.33. The summed E-state index contributed by atoms with van der Waals surface area (Å²) in [4.78, 5) is 26.4. The first-order chi connectivity index (χ1) is 13.3. The number of nitrogens with zero attached hydrogens (tertiary/aromatic N) is 4. The average molecular weight is 402 g/mol. The Balaban J connectivity index is 1.51. The van der Waals surface area contributed by atoms with Crippen molar-refractivity contribution in [3.05, 3.63) is 52.8 Å². The van der Waals surface area contributed by atoms with E-state index in [0.29, 0.717) is 25.2 Å². The fourth-order valence-electron chi connectivity index (χ4n) is 4.17. The number of rotatable bonds is 5. The summed E-state index contributed by atoms with van der Waals surface area (Å²) in [5.41, 5.74) is 1.37. The lowest BCUT2D eigenvalue weighted by Gasteiger charge is -2.24. The van der Waals surface area contributed by atoms with E-state index in [1.807, 2.05) is 30.3 Å². The minimum absolute atomic E-state index is 0.0735. The molecule has 2 saturated heterocycles. The molecule has 148 valence electrons. The number of amides is 1. The number of fused-ring (bicyclic) bond motifs is 1. The highest BCUT2D eigenvalue weighted by Crippen LogP contribution is 2.33. The second-order valence-electron chi connectivity index (χ2n) is 7.23. The zero-order valence-corrected chi connectivity index (χ0v) is 16.4. The predicted octanol–water partition coefficient (Wildman–Crippen LogP) is 0.545. The lowest BCUT2D eigenvalue weighted by atomic mass is 10.1. The van der Waals surface area contributed by atoms with Gasteiger partial charge in [0.2, 0.25) is 15.9 Å². The Labute approximate surface area is 163 Å². The zero-order valence-electron chi connectivity index (χ0n) is 15.6. The number of sulfonamides is 1. The third-order valence-electron chi connectivity index (χ3n) is 5.48. The van der Waals surface area contributed by atoms with Crippen LogP contribution in [0.2, 0.25) is 0 Å². The van der Waals surface area contributed by atoms with Crippen molar-refractivity contribution in [3.8, 4) is 11.3 Å². The van der Waals surface area contributed by atoms with Gasteiger partial charge in [0, 0.05) is 31.1 Å². The van der Waals surface area contributed by atoms with Crippen LogP contribution in [0.25, 0.3) is 11.3 Å². The molecule has 2 aliphatic rings. The van der Waals surface area contributed by atoms with E-state index in [9.17, 15) is 18.0 Å². The molecule has 0 N–H and O–H groups in total. The van der Waals surface area contributed by atoms with E-state index in [2.05, 4.69) is 5.10 Å². The summed E-state index contributed by atoms with van der Waals surface area (Å²) < 4.78 is 26.6. The van der Waals surface area contributed by atoms with Crippen molar-refractivity contribution in [3.63, 3.8) is 0 Å². The van der Waals surface area contributed by atoms with Crippen LogP contribution < -0.4 is 5.56 Å². The van der Waals surface area contributed by atoms with Gasteiger partial charge in [-0.05, 0) is 12.5 Å². The van der Waals surface area contributed by atoms with Crippen LogP contribution in [0, 0.1) is 0 Å². The van der Waals surface area contributed by atoms with E-state index in [1.54, 1.807) is 11.0 Å². The van der Waals surface area contributed by atoms with Crippen LogP contribution in [-0.2, 0) is 21.4 Å². The zero-order chi connectivity index (χ0) is 19.9. The third kappa shape index (κ3) is 3.47. The molecule has 1 aromatic carbocycles. The summed E-state index contributed by atoms with van der Waals surface area (Å²) in [6, 6.07) is 12.3. The highest BCUT2D eigenvalue weighted by Gasteiger charge is 2.49. The van der Waals surface area contributed by atoms with Gasteiger partial charge in [-0.15, -0.1) is 0 Å². The van der Waals surface area contributed by atoms with Crippen LogP contribution in [0.3, 0.4) is 0 Å². The second-order valence-corrected chi connectivity index (χ2v) is 9.17. The van der Waals surface area contributed by atoms with Gasteiger partial charge in [0.25, 0.3) is 5.56 Å². The molecule has 1 amide bonds.